The normalized spacial score (nSPS) is 26.5. The van der Waals surface area contributed by atoms with Crippen LogP contribution in [0.2, 0.25) is 0 Å². The first-order chi connectivity index (χ1) is 9.70. The van der Waals surface area contributed by atoms with Crippen molar-refractivity contribution >= 4 is 11.9 Å². The van der Waals surface area contributed by atoms with Crippen LogP contribution in [0, 0.1) is 11.8 Å². The molecule has 3 N–H and O–H groups in total. The summed E-state index contributed by atoms with van der Waals surface area (Å²) < 4.78 is 25.2. The molecule has 1 aliphatic heterocycles. The molecule has 0 bridgehead atoms. The van der Waals surface area contributed by atoms with Crippen LogP contribution in [0.15, 0.2) is 12.2 Å². The SMILES string of the molecule is CC(=O)N[C@@H](CC(C)C)[C@@H]1N[C@@H](C(=O)O)C[C@H]1C=C(F)F. The van der Waals surface area contributed by atoms with Crippen molar-refractivity contribution in [1.82, 2.24) is 10.6 Å². The molecular formula is C14H22F2N2O3. The molecule has 7 heteroatoms. The lowest BCUT2D eigenvalue weighted by molar-refractivity contribution is -0.139. The van der Waals surface area contributed by atoms with E-state index in [0.29, 0.717) is 6.42 Å². The number of carboxylic acid groups (broad SMARTS) is 1. The minimum absolute atomic E-state index is 0.0888. The molecule has 0 radical (unpaired) electrons. The van der Waals surface area contributed by atoms with Crippen LogP contribution in [-0.4, -0.2) is 35.1 Å². The monoisotopic (exact) mass is 304 g/mol. The molecule has 4 atom stereocenters. The molecule has 0 aromatic rings. The average Bonchev–Trinajstić information content (AvgIpc) is 2.69. The Balaban J connectivity index is 2.96. The molecule has 1 saturated heterocycles. The van der Waals surface area contributed by atoms with Crippen LogP contribution >= 0.6 is 0 Å². The second-order valence-electron chi connectivity index (χ2n) is 5.88. The fraction of sp³-hybridized carbons (Fsp3) is 0.714. The molecule has 0 spiro atoms. The zero-order chi connectivity index (χ0) is 16.2. The summed E-state index contributed by atoms with van der Waals surface area (Å²) in [4.78, 5) is 22.4. The fourth-order valence-corrected chi connectivity index (χ4v) is 2.83. The predicted octanol–water partition coefficient (Wildman–Crippen LogP) is 1.75. The van der Waals surface area contributed by atoms with E-state index in [4.69, 9.17) is 5.11 Å². The number of hydrogen-bond acceptors (Lipinski definition) is 3. The number of nitrogens with one attached hydrogen (secondary N) is 2. The number of halogens is 2. The van der Waals surface area contributed by atoms with Gasteiger partial charge in [0.15, 0.2) is 0 Å². The van der Waals surface area contributed by atoms with Gasteiger partial charge in [0.05, 0.1) is 0 Å². The number of carbonyl (C=O) groups is 2. The van der Waals surface area contributed by atoms with Crippen molar-refractivity contribution in [3.63, 3.8) is 0 Å². The lowest BCUT2D eigenvalue weighted by Crippen LogP contribution is -2.51. The third kappa shape index (κ3) is 5.41. The molecular weight excluding hydrogens is 282 g/mol. The van der Waals surface area contributed by atoms with E-state index in [2.05, 4.69) is 10.6 Å². The first-order valence-corrected chi connectivity index (χ1v) is 6.99. The summed E-state index contributed by atoms with van der Waals surface area (Å²) in [6, 6.07) is -1.77. The van der Waals surface area contributed by atoms with E-state index in [1.807, 2.05) is 13.8 Å². The van der Waals surface area contributed by atoms with Crippen molar-refractivity contribution in [2.45, 2.75) is 51.7 Å². The second-order valence-corrected chi connectivity index (χ2v) is 5.88. The van der Waals surface area contributed by atoms with Gasteiger partial charge in [-0.1, -0.05) is 13.8 Å². The zero-order valence-electron chi connectivity index (χ0n) is 12.4. The lowest BCUT2D eigenvalue weighted by atomic mass is 9.89. The smallest absolute Gasteiger partial charge is 0.320 e. The van der Waals surface area contributed by atoms with Crippen molar-refractivity contribution in [1.29, 1.82) is 0 Å². The first kappa shape index (κ1) is 17.6. The molecule has 1 heterocycles. The van der Waals surface area contributed by atoms with E-state index in [0.717, 1.165) is 6.08 Å². The van der Waals surface area contributed by atoms with Gasteiger partial charge >= 0.3 is 5.97 Å². The van der Waals surface area contributed by atoms with Gasteiger partial charge in [-0.05, 0) is 24.8 Å². The number of hydrogen-bond donors (Lipinski definition) is 3. The molecule has 1 fully saturated rings. The van der Waals surface area contributed by atoms with E-state index >= 15 is 0 Å². The predicted molar refractivity (Wildman–Crippen MR) is 73.8 cm³/mol. The standard InChI is InChI=1S/C14H22F2N2O3/c1-7(2)4-10(17-8(3)19)13-9(6-12(15)16)5-11(18-13)14(20)21/h6-7,9-11,13,18H,4-5H2,1-3H3,(H,17,19)(H,20,21)/t9-,10-,11+,13+/m0/s1. The fourth-order valence-electron chi connectivity index (χ4n) is 2.83. The molecule has 0 unspecified atom stereocenters. The summed E-state index contributed by atoms with van der Waals surface area (Å²) in [5.74, 6) is -1.70. The lowest BCUT2D eigenvalue weighted by Gasteiger charge is -2.29. The number of carbonyl (C=O) groups excluding carboxylic acids is 1. The van der Waals surface area contributed by atoms with Crippen molar-refractivity contribution in [3.05, 3.63) is 12.2 Å². The van der Waals surface area contributed by atoms with Crippen LogP contribution < -0.4 is 10.6 Å². The van der Waals surface area contributed by atoms with Crippen LogP contribution in [0.1, 0.15) is 33.6 Å². The number of aliphatic carboxylic acids is 1. The van der Waals surface area contributed by atoms with E-state index in [9.17, 15) is 18.4 Å². The van der Waals surface area contributed by atoms with Crippen LogP contribution in [0.4, 0.5) is 8.78 Å². The van der Waals surface area contributed by atoms with E-state index in [1.54, 1.807) is 0 Å². The van der Waals surface area contributed by atoms with E-state index in [-0.39, 0.29) is 24.3 Å². The van der Waals surface area contributed by atoms with E-state index < -0.39 is 30.1 Å². The summed E-state index contributed by atoms with van der Waals surface area (Å²) in [5.41, 5.74) is 0. The largest absolute Gasteiger partial charge is 0.480 e. The summed E-state index contributed by atoms with van der Waals surface area (Å²) in [5, 5.41) is 14.7. The molecule has 0 aromatic carbocycles. The maximum Gasteiger partial charge on any atom is 0.320 e. The third-order valence-electron chi connectivity index (χ3n) is 3.55. The Morgan fingerprint density at radius 2 is 2.05 bits per heavy atom. The second kappa shape index (κ2) is 7.49. The van der Waals surface area contributed by atoms with Crippen molar-refractivity contribution in [3.8, 4) is 0 Å². The molecule has 1 amide bonds. The van der Waals surface area contributed by atoms with Gasteiger partial charge in [-0.25, -0.2) is 0 Å². The summed E-state index contributed by atoms with van der Waals surface area (Å²) in [6.45, 7) is 5.27. The number of carboxylic acids is 1. The van der Waals surface area contributed by atoms with Gasteiger partial charge < -0.3 is 10.4 Å². The number of amides is 1. The van der Waals surface area contributed by atoms with Gasteiger partial charge in [0.2, 0.25) is 5.91 Å². The Hall–Kier alpha value is -1.50. The quantitative estimate of drug-likeness (QED) is 0.698. The highest BCUT2D eigenvalue weighted by molar-refractivity contribution is 5.75. The first-order valence-electron chi connectivity index (χ1n) is 6.99. The third-order valence-corrected chi connectivity index (χ3v) is 3.55. The Morgan fingerprint density at radius 3 is 2.48 bits per heavy atom. The van der Waals surface area contributed by atoms with Crippen LogP contribution in [-0.2, 0) is 9.59 Å². The maximum absolute atomic E-state index is 12.6. The van der Waals surface area contributed by atoms with Crippen molar-refractivity contribution < 1.29 is 23.5 Å². The van der Waals surface area contributed by atoms with Gasteiger partial charge in [-0.15, -0.1) is 0 Å². The van der Waals surface area contributed by atoms with E-state index in [1.165, 1.54) is 6.92 Å². The summed E-state index contributed by atoms with van der Waals surface area (Å²) >= 11 is 0. The molecule has 0 aliphatic carbocycles. The molecule has 1 rings (SSSR count). The van der Waals surface area contributed by atoms with Crippen molar-refractivity contribution in [2.75, 3.05) is 0 Å². The minimum atomic E-state index is -1.83. The summed E-state index contributed by atoms with van der Waals surface area (Å²) in [7, 11) is 0. The Morgan fingerprint density at radius 1 is 1.43 bits per heavy atom. The highest BCUT2D eigenvalue weighted by Gasteiger charge is 2.41. The molecule has 0 aromatic heterocycles. The topological polar surface area (TPSA) is 78.4 Å². The zero-order valence-corrected chi connectivity index (χ0v) is 12.4. The van der Waals surface area contributed by atoms with Crippen LogP contribution in [0.3, 0.4) is 0 Å². The maximum atomic E-state index is 12.6. The molecule has 21 heavy (non-hydrogen) atoms. The Kier molecular flexibility index (Phi) is 6.26. The van der Waals surface area contributed by atoms with Gasteiger partial charge in [-0.3, -0.25) is 14.9 Å². The summed E-state index contributed by atoms with van der Waals surface area (Å²) in [6.07, 6.45) is -0.368. The van der Waals surface area contributed by atoms with Gasteiger partial charge in [0.1, 0.15) is 6.04 Å². The van der Waals surface area contributed by atoms with Crippen LogP contribution in [0.5, 0.6) is 0 Å². The average molecular weight is 304 g/mol. The number of rotatable bonds is 6. The van der Waals surface area contributed by atoms with Crippen molar-refractivity contribution in [2.24, 2.45) is 11.8 Å². The molecule has 0 saturated carbocycles. The molecule has 5 nitrogen and oxygen atoms in total. The van der Waals surface area contributed by atoms with Gasteiger partial charge in [0, 0.05) is 24.9 Å². The highest BCUT2D eigenvalue weighted by atomic mass is 19.3. The highest BCUT2D eigenvalue weighted by Crippen LogP contribution is 2.28. The Bertz CT molecular complexity index is 422. The van der Waals surface area contributed by atoms with Gasteiger partial charge in [0.25, 0.3) is 6.08 Å². The molecule has 1 aliphatic rings. The molecule has 120 valence electrons. The van der Waals surface area contributed by atoms with Gasteiger partial charge in [-0.2, -0.15) is 8.78 Å². The minimum Gasteiger partial charge on any atom is -0.480 e. The Labute approximate surface area is 122 Å². The van der Waals surface area contributed by atoms with Crippen LogP contribution in [0.25, 0.3) is 0 Å².